The van der Waals surface area contributed by atoms with E-state index in [1.165, 1.54) is 0 Å². The van der Waals surface area contributed by atoms with Gasteiger partial charge in [-0.3, -0.25) is 9.59 Å². The predicted octanol–water partition coefficient (Wildman–Crippen LogP) is 1.67. The third kappa shape index (κ3) is 2.13. The van der Waals surface area contributed by atoms with Gasteiger partial charge in [0.25, 0.3) is 0 Å². The lowest BCUT2D eigenvalue weighted by Crippen LogP contribution is -2.37. The van der Waals surface area contributed by atoms with E-state index < -0.39 is 17.4 Å². The summed E-state index contributed by atoms with van der Waals surface area (Å²) in [6.07, 6.45) is 1.53. The average Bonchev–Trinajstić information content (AvgIpc) is 2.43. The zero-order valence-corrected chi connectivity index (χ0v) is 9.54. The van der Waals surface area contributed by atoms with E-state index in [4.69, 9.17) is 9.47 Å². The highest BCUT2D eigenvalue weighted by Crippen LogP contribution is 2.39. The van der Waals surface area contributed by atoms with E-state index in [1.807, 2.05) is 6.92 Å². The Hall–Kier alpha value is -1.06. The van der Waals surface area contributed by atoms with Crippen molar-refractivity contribution in [1.82, 2.24) is 0 Å². The molecule has 0 spiro atoms. The first-order chi connectivity index (χ1) is 7.06. The van der Waals surface area contributed by atoms with Crippen LogP contribution in [-0.4, -0.2) is 24.6 Å². The van der Waals surface area contributed by atoms with Gasteiger partial charge in [0.2, 0.25) is 0 Å². The number of ether oxygens (including phenoxy) is 2. The second-order valence-corrected chi connectivity index (χ2v) is 3.97. The van der Waals surface area contributed by atoms with E-state index in [1.54, 1.807) is 13.8 Å². The normalized spacial score (nSPS) is 30.1. The van der Waals surface area contributed by atoms with Crippen LogP contribution in [0.3, 0.4) is 0 Å². The lowest BCUT2D eigenvalue weighted by atomic mass is 9.80. The Labute approximate surface area is 89.9 Å². The molecule has 0 aromatic rings. The monoisotopic (exact) mass is 214 g/mol. The molecule has 86 valence electrons. The predicted molar refractivity (Wildman–Crippen MR) is 54.1 cm³/mol. The van der Waals surface area contributed by atoms with Gasteiger partial charge in [0.05, 0.1) is 6.61 Å². The molecule has 1 rings (SSSR count). The fraction of sp³-hybridized carbons (Fsp3) is 0.818. The first-order valence-electron chi connectivity index (χ1n) is 5.45. The number of hydrogen-bond acceptors (Lipinski definition) is 4. The largest absolute Gasteiger partial charge is 0.465 e. The van der Waals surface area contributed by atoms with Crippen LogP contribution in [0.1, 0.15) is 40.0 Å². The third-order valence-electron chi connectivity index (χ3n) is 2.68. The Morgan fingerprint density at radius 3 is 2.67 bits per heavy atom. The molecule has 1 saturated heterocycles. The maximum Gasteiger partial charge on any atom is 0.323 e. The Morgan fingerprint density at radius 1 is 1.60 bits per heavy atom. The number of rotatable bonds is 4. The average molecular weight is 214 g/mol. The van der Waals surface area contributed by atoms with E-state index in [0.717, 1.165) is 6.42 Å². The highest BCUT2D eigenvalue weighted by Gasteiger charge is 2.54. The van der Waals surface area contributed by atoms with Crippen molar-refractivity contribution in [2.75, 3.05) is 6.61 Å². The number of carbonyl (C=O) groups is 2. The van der Waals surface area contributed by atoms with Crippen molar-refractivity contribution in [3.63, 3.8) is 0 Å². The van der Waals surface area contributed by atoms with Gasteiger partial charge in [0, 0.05) is 6.42 Å². The fourth-order valence-corrected chi connectivity index (χ4v) is 2.08. The van der Waals surface area contributed by atoms with Crippen LogP contribution in [0.4, 0.5) is 0 Å². The molecule has 4 heteroatoms. The number of carbonyl (C=O) groups excluding carboxylic acids is 2. The molecule has 0 aromatic carbocycles. The molecule has 0 amide bonds. The van der Waals surface area contributed by atoms with Gasteiger partial charge in [0.15, 0.2) is 5.41 Å². The highest BCUT2D eigenvalue weighted by atomic mass is 16.6. The summed E-state index contributed by atoms with van der Waals surface area (Å²) in [4.78, 5) is 23.5. The molecule has 0 bridgehead atoms. The zero-order chi connectivity index (χ0) is 11.5. The first-order valence-corrected chi connectivity index (χ1v) is 5.45. The van der Waals surface area contributed by atoms with Gasteiger partial charge in [-0.1, -0.05) is 13.3 Å². The highest BCUT2D eigenvalue weighted by molar-refractivity contribution is 6.01. The Morgan fingerprint density at radius 2 is 2.27 bits per heavy atom. The molecular weight excluding hydrogens is 196 g/mol. The van der Waals surface area contributed by atoms with E-state index in [0.29, 0.717) is 19.4 Å². The van der Waals surface area contributed by atoms with Crippen molar-refractivity contribution in [2.24, 2.45) is 5.41 Å². The second kappa shape index (κ2) is 4.64. The van der Waals surface area contributed by atoms with Crippen molar-refractivity contribution in [3.05, 3.63) is 0 Å². The molecule has 0 unspecified atom stereocenters. The minimum Gasteiger partial charge on any atom is -0.465 e. The topological polar surface area (TPSA) is 52.6 Å². The Kier molecular flexibility index (Phi) is 3.72. The lowest BCUT2D eigenvalue weighted by Gasteiger charge is -2.21. The van der Waals surface area contributed by atoms with Crippen LogP contribution < -0.4 is 0 Å². The quantitative estimate of drug-likeness (QED) is 0.527. The smallest absolute Gasteiger partial charge is 0.323 e. The molecule has 15 heavy (non-hydrogen) atoms. The minimum absolute atomic E-state index is 0.187. The summed E-state index contributed by atoms with van der Waals surface area (Å²) >= 11 is 0. The molecule has 0 aromatic heterocycles. The van der Waals surface area contributed by atoms with E-state index >= 15 is 0 Å². The fourth-order valence-electron chi connectivity index (χ4n) is 2.08. The van der Waals surface area contributed by atoms with Crippen molar-refractivity contribution >= 4 is 11.9 Å². The molecule has 2 atom stereocenters. The number of esters is 2. The maximum atomic E-state index is 11.8. The van der Waals surface area contributed by atoms with Gasteiger partial charge in [-0.05, 0) is 20.3 Å². The Balaban J connectivity index is 2.88. The number of hydrogen-bond donors (Lipinski definition) is 0. The molecule has 0 aliphatic carbocycles. The molecule has 0 N–H and O–H groups in total. The minimum atomic E-state index is -1.04. The molecule has 1 heterocycles. The van der Waals surface area contributed by atoms with E-state index in [2.05, 4.69) is 0 Å². The molecule has 4 nitrogen and oxygen atoms in total. The first kappa shape index (κ1) is 12.0. The van der Waals surface area contributed by atoms with Crippen LogP contribution in [0.5, 0.6) is 0 Å². The summed E-state index contributed by atoms with van der Waals surface area (Å²) in [5, 5.41) is 0. The summed E-state index contributed by atoms with van der Waals surface area (Å²) in [5.41, 5.74) is -1.04. The molecular formula is C11H18O4. The maximum absolute atomic E-state index is 11.8. The second-order valence-electron chi connectivity index (χ2n) is 3.97. The van der Waals surface area contributed by atoms with Crippen molar-refractivity contribution in [2.45, 2.75) is 46.1 Å². The van der Waals surface area contributed by atoms with Gasteiger partial charge in [-0.15, -0.1) is 0 Å². The summed E-state index contributed by atoms with van der Waals surface area (Å²) in [6.45, 7) is 5.78. The summed E-state index contributed by atoms with van der Waals surface area (Å²) < 4.78 is 10.0. The van der Waals surface area contributed by atoms with Crippen LogP contribution in [0, 0.1) is 5.41 Å². The molecule has 1 fully saturated rings. The van der Waals surface area contributed by atoms with Crippen LogP contribution >= 0.6 is 0 Å². The third-order valence-corrected chi connectivity index (χ3v) is 2.68. The molecule has 1 aliphatic heterocycles. The van der Waals surface area contributed by atoms with Gasteiger partial charge in [-0.2, -0.15) is 0 Å². The summed E-state index contributed by atoms with van der Waals surface area (Å²) in [7, 11) is 0. The zero-order valence-electron chi connectivity index (χ0n) is 9.54. The van der Waals surface area contributed by atoms with Crippen LogP contribution in [0.15, 0.2) is 0 Å². The van der Waals surface area contributed by atoms with Gasteiger partial charge in [-0.25, -0.2) is 0 Å². The molecule has 0 saturated carbocycles. The van der Waals surface area contributed by atoms with Gasteiger partial charge < -0.3 is 9.47 Å². The standard InChI is InChI=1S/C11H18O4/c1-4-6-11(9(12)14-5-2)7-8(3)15-10(11)13/h8H,4-7H2,1-3H3/t8-,11-/m0/s1. The van der Waals surface area contributed by atoms with Crippen LogP contribution in [0.25, 0.3) is 0 Å². The van der Waals surface area contributed by atoms with Crippen molar-refractivity contribution < 1.29 is 19.1 Å². The van der Waals surface area contributed by atoms with Gasteiger partial charge in [0.1, 0.15) is 6.10 Å². The number of cyclic esters (lactones) is 1. The summed E-state index contributed by atoms with van der Waals surface area (Å²) in [6, 6.07) is 0. The van der Waals surface area contributed by atoms with Crippen LogP contribution in [-0.2, 0) is 19.1 Å². The Bertz CT molecular complexity index is 261. The van der Waals surface area contributed by atoms with Gasteiger partial charge >= 0.3 is 11.9 Å². The van der Waals surface area contributed by atoms with Crippen molar-refractivity contribution in [1.29, 1.82) is 0 Å². The lowest BCUT2D eigenvalue weighted by molar-refractivity contribution is -0.165. The SMILES string of the molecule is CCC[C@@]1(C(=O)OCC)C[C@H](C)OC1=O. The summed E-state index contributed by atoms with van der Waals surface area (Å²) in [5.74, 6) is -0.850. The van der Waals surface area contributed by atoms with Crippen molar-refractivity contribution in [3.8, 4) is 0 Å². The van der Waals surface area contributed by atoms with Crippen LogP contribution in [0.2, 0.25) is 0 Å². The molecule has 0 radical (unpaired) electrons. The van der Waals surface area contributed by atoms with E-state index in [-0.39, 0.29) is 6.10 Å². The van der Waals surface area contributed by atoms with E-state index in [9.17, 15) is 9.59 Å². The molecule has 1 aliphatic rings.